The van der Waals surface area contributed by atoms with Crippen LogP contribution in [0.25, 0.3) is 0 Å². The number of ether oxygens (including phenoxy) is 2. The maximum Gasteiger partial charge on any atom is 0.261 e. The molecule has 0 saturated carbocycles. The van der Waals surface area contributed by atoms with E-state index in [0.717, 1.165) is 29.1 Å². The standard InChI is InChI=1S/C34H33N3O6S2/c1-32(20-35)19-34(45-28(39)17-23-12-8-5-9-13-23)31(41)36(3)33(2,44-27(38)16-22-10-6-4-7-11-22)30(40)37(34)29(32)24-14-15-25-26(18-24)43-21-42-25/h4-12,14-15,18,23,29H,13,16-17,19,21H2,1-3H3/t23?,29?,32-,33+,34?/m1/s1. The van der Waals surface area contributed by atoms with E-state index in [4.69, 9.17) is 9.47 Å². The van der Waals surface area contributed by atoms with E-state index in [-0.39, 0.29) is 42.2 Å². The molecule has 3 unspecified atom stereocenters. The van der Waals surface area contributed by atoms with Gasteiger partial charge in [0.05, 0.1) is 17.5 Å². The summed E-state index contributed by atoms with van der Waals surface area (Å²) in [6, 6.07) is 15.9. The molecule has 2 fully saturated rings. The van der Waals surface area contributed by atoms with Gasteiger partial charge in [0.15, 0.2) is 31.5 Å². The Hall–Kier alpha value is -4.01. The lowest BCUT2D eigenvalue weighted by Gasteiger charge is -2.52. The van der Waals surface area contributed by atoms with E-state index in [1.54, 1.807) is 32.0 Å². The molecular formula is C34H33N3O6S2. The van der Waals surface area contributed by atoms with E-state index >= 15 is 0 Å². The Morgan fingerprint density at radius 3 is 2.47 bits per heavy atom. The van der Waals surface area contributed by atoms with Gasteiger partial charge in [-0.25, -0.2) is 0 Å². The van der Waals surface area contributed by atoms with E-state index in [1.165, 1.54) is 16.8 Å². The van der Waals surface area contributed by atoms with Gasteiger partial charge in [-0.3, -0.25) is 19.2 Å². The quantitative estimate of drug-likeness (QED) is 0.392. The maximum absolute atomic E-state index is 14.9. The van der Waals surface area contributed by atoms with Crippen molar-refractivity contribution in [2.24, 2.45) is 11.3 Å². The molecule has 3 heterocycles. The number of carbonyl (C=O) groups excluding carboxylic acids is 4. The molecule has 0 radical (unpaired) electrons. The number of hydrogen-bond donors (Lipinski definition) is 0. The van der Waals surface area contributed by atoms with Crippen molar-refractivity contribution in [3.05, 3.63) is 84.0 Å². The predicted octanol–water partition coefficient (Wildman–Crippen LogP) is 5.39. The normalized spacial score (nSPS) is 29.9. The first-order valence-electron chi connectivity index (χ1n) is 14.7. The van der Waals surface area contributed by atoms with Gasteiger partial charge >= 0.3 is 0 Å². The minimum atomic E-state index is -1.69. The molecule has 0 spiro atoms. The fourth-order valence-electron chi connectivity index (χ4n) is 6.65. The number of thioether (sulfide) groups is 2. The number of carbonyl (C=O) groups is 4. The van der Waals surface area contributed by atoms with Crippen LogP contribution in [0.5, 0.6) is 11.5 Å². The summed E-state index contributed by atoms with van der Waals surface area (Å²) in [4.78, 5) is 56.2. The van der Waals surface area contributed by atoms with Crippen LogP contribution in [-0.4, -0.2) is 55.4 Å². The fraction of sp³-hybridized carbons (Fsp3) is 0.382. The SMILES string of the molecule is CN1C(=O)C2(SC(=O)CC3C=CC=CC3)C[C@](C)(C#N)C(c3ccc4c(c3)OCO4)N2C(=O)[C@]1(C)SC(=O)Cc1ccccc1. The number of hydrogen-bond acceptors (Lipinski definition) is 9. The topological polar surface area (TPSA) is 117 Å². The molecule has 45 heavy (non-hydrogen) atoms. The van der Waals surface area contributed by atoms with Crippen molar-refractivity contribution in [3.8, 4) is 17.6 Å². The van der Waals surface area contributed by atoms with Gasteiger partial charge in [-0.2, -0.15) is 5.26 Å². The molecule has 2 amide bonds. The summed E-state index contributed by atoms with van der Waals surface area (Å²) in [5, 5.41) is 10.1. The number of amides is 2. The van der Waals surface area contributed by atoms with Gasteiger partial charge in [-0.15, -0.1) is 0 Å². The van der Waals surface area contributed by atoms with Crippen LogP contribution in [0.15, 0.2) is 72.8 Å². The molecular weight excluding hydrogens is 611 g/mol. The molecule has 3 aliphatic heterocycles. The number of rotatable bonds is 7. The van der Waals surface area contributed by atoms with Gasteiger partial charge in [0.1, 0.15) is 0 Å². The van der Waals surface area contributed by atoms with Crippen molar-refractivity contribution in [1.82, 2.24) is 9.80 Å². The third kappa shape index (κ3) is 5.34. The van der Waals surface area contributed by atoms with Crippen LogP contribution < -0.4 is 9.47 Å². The highest BCUT2D eigenvalue weighted by atomic mass is 32.2. The van der Waals surface area contributed by atoms with Crippen LogP contribution in [-0.2, 0) is 25.6 Å². The number of nitriles is 1. The average Bonchev–Trinajstić information content (AvgIpc) is 3.60. The van der Waals surface area contributed by atoms with Crippen LogP contribution in [0, 0.1) is 22.7 Å². The first kappa shape index (κ1) is 31.0. The molecule has 4 aliphatic rings. The van der Waals surface area contributed by atoms with E-state index < -0.39 is 33.0 Å². The first-order valence-corrected chi connectivity index (χ1v) is 16.4. The minimum absolute atomic E-state index is 0.0307. The summed E-state index contributed by atoms with van der Waals surface area (Å²) in [5.41, 5.74) is 0.103. The Bertz CT molecular complexity index is 1670. The molecule has 9 nitrogen and oxygen atoms in total. The zero-order chi connectivity index (χ0) is 32.0. The van der Waals surface area contributed by atoms with Crippen molar-refractivity contribution in [3.63, 3.8) is 0 Å². The Kier molecular flexibility index (Phi) is 8.08. The molecule has 232 valence electrons. The summed E-state index contributed by atoms with van der Waals surface area (Å²) in [6.07, 6.45) is 8.64. The number of benzene rings is 2. The summed E-state index contributed by atoms with van der Waals surface area (Å²) >= 11 is 1.62. The van der Waals surface area contributed by atoms with Crippen LogP contribution in [0.3, 0.4) is 0 Å². The van der Waals surface area contributed by atoms with Gasteiger partial charge in [-0.05, 0) is 73.0 Å². The molecule has 0 bridgehead atoms. The predicted molar refractivity (Wildman–Crippen MR) is 171 cm³/mol. The molecule has 5 atom stereocenters. The third-order valence-corrected chi connectivity index (χ3v) is 11.5. The lowest BCUT2D eigenvalue weighted by Crippen LogP contribution is -2.71. The number of nitrogens with zero attached hydrogens (tertiary/aromatic N) is 3. The zero-order valence-corrected chi connectivity index (χ0v) is 26.9. The number of likely N-dealkylation sites (N-methyl/N-ethyl adjacent to an activating group) is 1. The Morgan fingerprint density at radius 2 is 1.76 bits per heavy atom. The van der Waals surface area contributed by atoms with Crippen LogP contribution in [0.2, 0.25) is 0 Å². The lowest BCUT2D eigenvalue weighted by molar-refractivity contribution is -0.163. The maximum atomic E-state index is 14.9. The summed E-state index contributed by atoms with van der Waals surface area (Å²) in [7, 11) is 1.50. The highest BCUT2D eigenvalue weighted by Crippen LogP contribution is 2.63. The van der Waals surface area contributed by atoms with Gasteiger partial charge in [-0.1, -0.05) is 60.7 Å². The largest absolute Gasteiger partial charge is 0.454 e. The number of allylic oxidation sites excluding steroid dienone is 4. The Labute approximate surface area is 270 Å². The highest BCUT2D eigenvalue weighted by Gasteiger charge is 2.72. The average molecular weight is 644 g/mol. The lowest BCUT2D eigenvalue weighted by atomic mass is 9.79. The second kappa shape index (κ2) is 11.7. The van der Waals surface area contributed by atoms with Crippen molar-refractivity contribution < 1.29 is 28.7 Å². The third-order valence-electron chi connectivity index (χ3n) is 9.00. The zero-order valence-electron chi connectivity index (χ0n) is 25.2. The van der Waals surface area contributed by atoms with Gasteiger partial charge in [0.25, 0.3) is 11.8 Å². The van der Waals surface area contributed by atoms with Crippen LogP contribution >= 0.6 is 23.5 Å². The molecule has 2 saturated heterocycles. The van der Waals surface area contributed by atoms with E-state index in [9.17, 15) is 24.4 Å². The van der Waals surface area contributed by atoms with Crippen LogP contribution in [0.1, 0.15) is 50.3 Å². The van der Waals surface area contributed by atoms with Gasteiger partial charge < -0.3 is 19.3 Å². The van der Waals surface area contributed by atoms with E-state index in [2.05, 4.69) is 6.07 Å². The Balaban J connectivity index is 1.42. The minimum Gasteiger partial charge on any atom is -0.454 e. The van der Waals surface area contributed by atoms with Gasteiger partial charge in [0, 0.05) is 26.3 Å². The summed E-state index contributed by atoms with van der Waals surface area (Å²) < 4.78 is 11.1. The molecule has 1 aliphatic carbocycles. The van der Waals surface area contributed by atoms with Crippen molar-refractivity contribution in [2.45, 2.75) is 55.3 Å². The highest BCUT2D eigenvalue weighted by molar-refractivity contribution is 8.16. The smallest absolute Gasteiger partial charge is 0.261 e. The second-order valence-electron chi connectivity index (χ2n) is 12.2. The molecule has 2 aromatic carbocycles. The van der Waals surface area contributed by atoms with Gasteiger partial charge in [0.2, 0.25) is 6.79 Å². The number of fused-ring (bicyclic) bond motifs is 2. The molecule has 0 aromatic heterocycles. The molecule has 0 N–H and O–H groups in total. The fourth-order valence-corrected chi connectivity index (χ4v) is 9.29. The van der Waals surface area contributed by atoms with Crippen molar-refractivity contribution in [1.29, 1.82) is 5.26 Å². The van der Waals surface area contributed by atoms with Crippen molar-refractivity contribution in [2.75, 3.05) is 13.8 Å². The molecule has 11 heteroatoms. The molecule has 2 aromatic rings. The monoisotopic (exact) mass is 643 g/mol. The summed E-state index contributed by atoms with van der Waals surface area (Å²) in [6.45, 7) is 3.32. The first-order chi connectivity index (χ1) is 21.5. The summed E-state index contributed by atoms with van der Waals surface area (Å²) in [5.74, 6) is -0.0373. The van der Waals surface area contributed by atoms with Crippen molar-refractivity contribution >= 4 is 45.6 Å². The number of piperazine rings is 1. The van der Waals surface area contributed by atoms with Crippen LogP contribution in [0.4, 0.5) is 0 Å². The second-order valence-corrected chi connectivity index (χ2v) is 14.9. The Morgan fingerprint density at radius 1 is 1.00 bits per heavy atom. The van der Waals surface area contributed by atoms with E-state index in [1.807, 2.05) is 54.6 Å². The molecule has 6 rings (SSSR count). The van der Waals surface area contributed by atoms with E-state index in [0.29, 0.717) is 23.5 Å².